The van der Waals surface area contributed by atoms with E-state index in [0.29, 0.717) is 0 Å². The highest BCUT2D eigenvalue weighted by molar-refractivity contribution is 7.21. The van der Waals surface area contributed by atoms with E-state index in [1.807, 2.05) is 30.0 Å². The number of benzene rings is 1. The highest BCUT2D eigenvalue weighted by Crippen LogP contribution is 2.34. The van der Waals surface area contributed by atoms with Crippen molar-refractivity contribution in [2.75, 3.05) is 26.7 Å². The SMILES string of the molecule is COc1ccc2sc(C(=O)N3CCNC[C@H]3C)c(C)c2c1. The van der Waals surface area contributed by atoms with E-state index in [1.165, 1.54) is 0 Å². The molecule has 1 fully saturated rings. The van der Waals surface area contributed by atoms with Gasteiger partial charge in [-0.2, -0.15) is 0 Å². The Morgan fingerprint density at radius 1 is 1.48 bits per heavy atom. The summed E-state index contributed by atoms with van der Waals surface area (Å²) in [5.74, 6) is 0.986. The van der Waals surface area contributed by atoms with Crippen LogP contribution in [0.15, 0.2) is 18.2 Å². The number of nitrogens with zero attached hydrogens (tertiary/aromatic N) is 1. The van der Waals surface area contributed by atoms with Crippen LogP contribution in [-0.4, -0.2) is 43.6 Å². The third-order valence-corrected chi connectivity index (χ3v) is 5.36. The molecule has 1 aromatic carbocycles. The van der Waals surface area contributed by atoms with Gasteiger partial charge in [-0.25, -0.2) is 0 Å². The first-order chi connectivity index (χ1) is 10.1. The molecule has 112 valence electrons. The molecule has 1 amide bonds. The van der Waals surface area contributed by atoms with Crippen LogP contribution in [0.1, 0.15) is 22.2 Å². The van der Waals surface area contributed by atoms with Crippen LogP contribution in [0.3, 0.4) is 0 Å². The maximum atomic E-state index is 12.8. The Kier molecular flexibility index (Phi) is 3.87. The Labute approximate surface area is 128 Å². The third kappa shape index (κ3) is 2.51. The van der Waals surface area contributed by atoms with Gasteiger partial charge in [-0.3, -0.25) is 4.79 Å². The first-order valence-corrected chi connectivity index (χ1v) is 8.02. The zero-order chi connectivity index (χ0) is 15.0. The molecule has 0 unspecified atom stereocenters. The molecule has 1 aromatic heterocycles. The van der Waals surface area contributed by atoms with E-state index >= 15 is 0 Å². The summed E-state index contributed by atoms with van der Waals surface area (Å²) < 4.78 is 6.42. The predicted molar refractivity (Wildman–Crippen MR) is 86.5 cm³/mol. The fourth-order valence-corrected chi connectivity index (χ4v) is 3.95. The molecule has 2 heterocycles. The number of rotatable bonds is 2. The van der Waals surface area contributed by atoms with Gasteiger partial charge in [0.05, 0.1) is 12.0 Å². The second-order valence-corrected chi connectivity index (χ2v) is 6.52. The first-order valence-electron chi connectivity index (χ1n) is 7.20. The normalized spacial score (nSPS) is 19.0. The van der Waals surface area contributed by atoms with Gasteiger partial charge in [-0.05, 0) is 43.0 Å². The van der Waals surface area contributed by atoms with Gasteiger partial charge in [-0.15, -0.1) is 11.3 Å². The minimum atomic E-state index is 0.154. The van der Waals surface area contributed by atoms with Crippen molar-refractivity contribution in [2.24, 2.45) is 0 Å². The molecule has 0 spiro atoms. The Morgan fingerprint density at radius 2 is 2.29 bits per heavy atom. The molecule has 21 heavy (non-hydrogen) atoms. The van der Waals surface area contributed by atoms with Crippen LogP contribution in [0.25, 0.3) is 10.1 Å². The molecule has 2 aromatic rings. The molecule has 1 aliphatic rings. The number of carbonyl (C=O) groups is 1. The van der Waals surface area contributed by atoms with Crippen LogP contribution in [0.5, 0.6) is 5.75 Å². The van der Waals surface area contributed by atoms with Gasteiger partial charge in [0.2, 0.25) is 0 Å². The number of aryl methyl sites for hydroxylation is 1. The lowest BCUT2D eigenvalue weighted by Gasteiger charge is -2.33. The number of methoxy groups -OCH3 is 1. The second-order valence-electron chi connectivity index (χ2n) is 5.47. The summed E-state index contributed by atoms with van der Waals surface area (Å²) in [5.41, 5.74) is 1.06. The number of thiophene rings is 1. The van der Waals surface area contributed by atoms with Crippen molar-refractivity contribution < 1.29 is 9.53 Å². The number of ether oxygens (including phenoxy) is 1. The standard InChI is InChI=1S/C16H20N2O2S/c1-10-9-17-6-7-18(10)16(19)15-11(2)13-8-12(20-3)4-5-14(13)21-15/h4-5,8,10,17H,6-7,9H2,1-3H3/t10-/m1/s1. The maximum absolute atomic E-state index is 12.8. The Bertz CT molecular complexity index is 680. The number of hydrogen-bond donors (Lipinski definition) is 1. The summed E-state index contributed by atoms with van der Waals surface area (Å²) >= 11 is 1.58. The van der Waals surface area contributed by atoms with Gasteiger partial charge in [0.15, 0.2) is 0 Å². The summed E-state index contributed by atoms with van der Waals surface area (Å²) in [7, 11) is 1.66. The molecule has 1 atom stereocenters. The monoisotopic (exact) mass is 304 g/mol. The zero-order valence-corrected chi connectivity index (χ0v) is 13.4. The fraction of sp³-hybridized carbons (Fsp3) is 0.438. The van der Waals surface area contributed by atoms with Crippen molar-refractivity contribution in [1.29, 1.82) is 0 Å². The fourth-order valence-electron chi connectivity index (χ4n) is 2.80. The summed E-state index contributed by atoms with van der Waals surface area (Å²) in [5, 5.41) is 4.44. The first kappa shape index (κ1) is 14.4. The summed E-state index contributed by atoms with van der Waals surface area (Å²) in [6.07, 6.45) is 0. The maximum Gasteiger partial charge on any atom is 0.264 e. The highest BCUT2D eigenvalue weighted by atomic mass is 32.1. The molecule has 1 saturated heterocycles. The van der Waals surface area contributed by atoms with Gasteiger partial charge in [0.1, 0.15) is 5.75 Å². The van der Waals surface area contributed by atoms with E-state index in [-0.39, 0.29) is 11.9 Å². The van der Waals surface area contributed by atoms with Crippen LogP contribution in [-0.2, 0) is 0 Å². The summed E-state index contributed by atoms with van der Waals surface area (Å²) in [6.45, 7) is 6.63. The molecule has 5 heteroatoms. The van der Waals surface area contributed by atoms with E-state index < -0.39 is 0 Å². The van der Waals surface area contributed by atoms with Crippen molar-refractivity contribution in [3.8, 4) is 5.75 Å². The van der Waals surface area contributed by atoms with E-state index in [9.17, 15) is 4.79 Å². The minimum Gasteiger partial charge on any atom is -0.497 e. The molecule has 0 radical (unpaired) electrons. The second kappa shape index (κ2) is 5.66. The lowest BCUT2D eigenvalue weighted by atomic mass is 10.1. The van der Waals surface area contributed by atoms with E-state index in [1.54, 1.807) is 18.4 Å². The number of hydrogen-bond acceptors (Lipinski definition) is 4. The van der Waals surface area contributed by atoms with Gasteiger partial charge >= 0.3 is 0 Å². The quantitative estimate of drug-likeness (QED) is 0.927. The van der Waals surface area contributed by atoms with Crippen LogP contribution in [0, 0.1) is 6.92 Å². The van der Waals surface area contributed by atoms with Crippen molar-refractivity contribution in [2.45, 2.75) is 19.9 Å². The van der Waals surface area contributed by atoms with Crippen LogP contribution < -0.4 is 10.1 Å². The number of piperazine rings is 1. The molecule has 0 bridgehead atoms. The molecule has 1 N–H and O–H groups in total. The van der Waals surface area contributed by atoms with Crippen molar-refractivity contribution in [3.63, 3.8) is 0 Å². The van der Waals surface area contributed by atoms with E-state index in [2.05, 4.69) is 12.2 Å². The lowest BCUT2D eigenvalue weighted by Crippen LogP contribution is -2.52. The Balaban J connectivity index is 2.00. The van der Waals surface area contributed by atoms with E-state index in [0.717, 1.165) is 45.9 Å². The molecule has 0 saturated carbocycles. The number of nitrogens with one attached hydrogen (secondary N) is 1. The van der Waals surface area contributed by atoms with E-state index in [4.69, 9.17) is 4.74 Å². The molecule has 0 aliphatic carbocycles. The average molecular weight is 304 g/mol. The molecular weight excluding hydrogens is 284 g/mol. The van der Waals surface area contributed by atoms with Crippen LogP contribution in [0.2, 0.25) is 0 Å². The average Bonchev–Trinajstić information content (AvgIpc) is 2.83. The predicted octanol–water partition coefficient (Wildman–Crippen LogP) is 2.65. The van der Waals surface area contributed by atoms with Crippen LogP contribution in [0.4, 0.5) is 0 Å². The van der Waals surface area contributed by atoms with Crippen molar-refractivity contribution in [3.05, 3.63) is 28.6 Å². The Hall–Kier alpha value is -1.59. The number of carbonyl (C=O) groups excluding carboxylic acids is 1. The number of amides is 1. The third-order valence-electron chi connectivity index (χ3n) is 4.10. The molecule has 4 nitrogen and oxygen atoms in total. The Morgan fingerprint density at radius 3 is 3.00 bits per heavy atom. The topological polar surface area (TPSA) is 41.6 Å². The lowest BCUT2D eigenvalue weighted by molar-refractivity contribution is 0.0660. The smallest absolute Gasteiger partial charge is 0.264 e. The van der Waals surface area contributed by atoms with Crippen LogP contribution >= 0.6 is 11.3 Å². The molecular formula is C16H20N2O2S. The van der Waals surface area contributed by atoms with Gasteiger partial charge in [0.25, 0.3) is 5.91 Å². The van der Waals surface area contributed by atoms with Gasteiger partial charge in [-0.1, -0.05) is 0 Å². The summed E-state index contributed by atoms with van der Waals surface area (Å²) in [6, 6.07) is 6.23. The van der Waals surface area contributed by atoms with Crippen molar-refractivity contribution in [1.82, 2.24) is 10.2 Å². The highest BCUT2D eigenvalue weighted by Gasteiger charge is 2.27. The van der Waals surface area contributed by atoms with Gasteiger partial charge < -0.3 is 15.0 Å². The van der Waals surface area contributed by atoms with Crippen molar-refractivity contribution >= 4 is 27.3 Å². The summed E-state index contributed by atoms with van der Waals surface area (Å²) in [4.78, 5) is 15.7. The number of fused-ring (bicyclic) bond motifs is 1. The molecule has 3 rings (SSSR count). The zero-order valence-electron chi connectivity index (χ0n) is 12.6. The van der Waals surface area contributed by atoms with Gasteiger partial charge in [0, 0.05) is 30.4 Å². The largest absolute Gasteiger partial charge is 0.497 e. The molecule has 1 aliphatic heterocycles. The minimum absolute atomic E-state index is 0.154.